The quantitative estimate of drug-likeness (QED) is 0.691. The van der Waals surface area contributed by atoms with Crippen LogP contribution in [0.1, 0.15) is 5.56 Å². The Hall–Kier alpha value is -3.72. The maximum atomic E-state index is 12.9. The Labute approximate surface area is 175 Å². The molecule has 150 valence electrons. The largest absolute Gasteiger partial charge is 0.482 e. The number of carbonyl (C=O) groups excluding carboxylic acids is 2. The van der Waals surface area contributed by atoms with E-state index in [1.54, 1.807) is 23.7 Å². The molecule has 0 spiro atoms. The maximum absolute atomic E-state index is 12.9. The SMILES string of the molecule is CN=c1scc(-c2ccc3c(c2)NC(=O)CO3)n1N=C1C(=O)N(C)c2ccccc21. The summed E-state index contributed by atoms with van der Waals surface area (Å²) in [6, 6.07) is 13.1. The number of amides is 2. The first-order valence-electron chi connectivity index (χ1n) is 9.23. The van der Waals surface area contributed by atoms with Crippen molar-refractivity contribution in [2.24, 2.45) is 10.1 Å². The molecule has 5 rings (SSSR count). The fourth-order valence-corrected chi connectivity index (χ4v) is 4.33. The van der Waals surface area contributed by atoms with Gasteiger partial charge in [-0.1, -0.05) is 18.2 Å². The normalized spacial score (nSPS) is 17.1. The van der Waals surface area contributed by atoms with Crippen LogP contribution in [0.15, 0.2) is 57.9 Å². The molecule has 2 aromatic carbocycles. The van der Waals surface area contributed by atoms with Crippen LogP contribution in [0.25, 0.3) is 11.3 Å². The number of ether oxygens (including phenoxy) is 1. The van der Waals surface area contributed by atoms with E-state index < -0.39 is 0 Å². The highest BCUT2D eigenvalue weighted by Crippen LogP contribution is 2.33. The maximum Gasteiger partial charge on any atom is 0.279 e. The van der Waals surface area contributed by atoms with Crippen LogP contribution in [0, 0.1) is 0 Å². The average molecular weight is 419 g/mol. The first kappa shape index (κ1) is 18.3. The number of carbonyl (C=O) groups is 2. The predicted molar refractivity (Wildman–Crippen MR) is 115 cm³/mol. The number of rotatable bonds is 2. The molecule has 1 aromatic heterocycles. The van der Waals surface area contributed by atoms with Gasteiger partial charge < -0.3 is 15.0 Å². The number of nitrogens with zero attached hydrogens (tertiary/aromatic N) is 4. The highest BCUT2D eigenvalue weighted by atomic mass is 32.1. The van der Waals surface area contributed by atoms with Crippen LogP contribution in [-0.2, 0) is 9.59 Å². The standard InChI is InChI=1S/C21H17N5O3S/c1-22-21-26(24-19-13-5-3-4-6-15(13)25(2)20(19)28)16(11-30-21)12-7-8-17-14(9-12)23-18(27)10-29-17/h3-9,11H,10H2,1-2H3,(H,23,27). The monoisotopic (exact) mass is 419 g/mol. The van der Waals surface area contributed by atoms with Gasteiger partial charge in [0.15, 0.2) is 12.3 Å². The molecule has 30 heavy (non-hydrogen) atoms. The van der Waals surface area contributed by atoms with Crippen molar-refractivity contribution in [3.8, 4) is 17.0 Å². The van der Waals surface area contributed by atoms with E-state index in [1.807, 2.05) is 47.8 Å². The molecule has 2 amide bonds. The van der Waals surface area contributed by atoms with Crippen LogP contribution >= 0.6 is 11.3 Å². The van der Waals surface area contributed by atoms with Crippen LogP contribution in [0.3, 0.4) is 0 Å². The lowest BCUT2D eigenvalue weighted by atomic mass is 10.1. The van der Waals surface area contributed by atoms with Gasteiger partial charge in [0.1, 0.15) is 5.75 Å². The molecular weight excluding hydrogens is 402 g/mol. The third-order valence-electron chi connectivity index (χ3n) is 5.01. The van der Waals surface area contributed by atoms with Gasteiger partial charge >= 0.3 is 0 Å². The number of fused-ring (bicyclic) bond motifs is 2. The lowest BCUT2D eigenvalue weighted by Crippen LogP contribution is -2.27. The molecule has 0 radical (unpaired) electrons. The Kier molecular flexibility index (Phi) is 4.25. The second-order valence-electron chi connectivity index (χ2n) is 6.82. The van der Waals surface area contributed by atoms with Crippen LogP contribution in [0.2, 0.25) is 0 Å². The molecule has 2 aliphatic rings. The fourth-order valence-electron chi connectivity index (χ4n) is 3.53. The van der Waals surface area contributed by atoms with E-state index in [0.29, 0.717) is 21.9 Å². The van der Waals surface area contributed by atoms with Crippen molar-refractivity contribution in [2.75, 3.05) is 30.9 Å². The average Bonchev–Trinajstić information content (AvgIpc) is 3.28. The van der Waals surface area contributed by atoms with E-state index in [2.05, 4.69) is 10.3 Å². The Morgan fingerprint density at radius 1 is 1.17 bits per heavy atom. The molecule has 0 fully saturated rings. The zero-order chi connectivity index (χ0) is 20.8. The van der Waals surface area contributed by atoms with Gasteiger partial charge in [-0.2, -0.15) is 5.10 Å². The number of benzene rings is 2. The van der Waals surface area contributed by atoms with Crippen molar-refractivity contribution in [2.45, 2.75) is 0 Å². The first-order valence-corrected chi connectivity index (χ1v) is 10.1. The summed E-state index contributed by atoms with van der Waals surface area (Å²) in [4.78, 5) is 31.1. The molecule has 8 nitrogen and oxygen atoms in total. The molecule has 3 heterocycles. The van der Waals surface area contributed by atoms with Gasteiger partial charge in [0, 0.05) is 30.6 Å². The summed E-state index contributed by atoms with van der Waals surface area (Å²) in [5.41, 5.74) is 4.14. The fraction of sp³-hybridized carbons (Fsp3) is 0.143. The lowest BCUT2D eigenvalue weighted by molar-refractivity contribution is -0.118. The minimum Gasteiger partial charge on any atom is -0.482 e. The molecule has 0 unspecified atom stereocenters. The minimum atomic E-state index is -0.196. The second kappa shape index (κ2) is 6.96. The highest BCUT2D eigenvalue weighted by Gasteiger charge is 2.31. The van der Waals surface area contributed by atoms with Gasteiger partial charge in [0.2, 0.25) is 4.80 Å². The van der Waals surface area contributed by atoms with Crippen LogP contribution in [0.5, 0.6) is 5.75 Å². The number of aromatic nitrogens is 1. The second-order valence-corrected chi connectivity index (χ2v) is 7.65. The molecule has 2 aliphatic heterocycles. The number of para-hydroxylation sites is 1. The van der Waals surface area contributed by atoms with Crippen molar-refractivity contribution in [1.29, 1.82) is 0 Å². The van der Waals surface area contributed by atoms with Crippen molar-refractivity contribution in [1.82, 2.24) is 4.68 Å². The van der Waals surface area contributed by atoms with Gasteiger partial charge in [0.05, 0.1) is 17.1 Å². The Morgan fingerprint density at radius 3 is 2.83 bits per heavy atom. The predicted octanol–water partition coefficient (Wildman–Crippen LogP) is 2.31. The van der Waals surface area contributed by atoms with Gasteiger partial charge in [-0.3, -0.25) is 14.6 Å². The van der Waals surface area contributed by atoms with Crippen LogP contribution in [-0.4, -0.2) is 42.9 Å². The minimum absolute atomic E-state index is 0.00630. The number of nitrogens with one attached hydrogen (secondary N) is 1. The summed E-state index contributed by atoms with van der Waals surface area (Å²) in [6.07, 6.45) is 0. The molecule has 0 saturated heterocycles. The molecular formula is C21H17N5O3S. The number of thiazole rings is 1. The summed E-state index contributed by atoms with van der Waals surface area (Å²) < 4.78 is 7.11. The summed E-state index contributed by atoms with van der Waals surface area (Å²) >= 11 is 1.42. The highest BCUT2D eigenvalue weighted by molar-refractivity contribution is 7.07. The summed E-state index contributed by atoms with van der Waals surface area (Å²) in [6.45, 7) is 0.00630. The summed E-state index contributed by atoms with van der Waals surface area (Å²) in [7, 11) is 3.42. The summed E-state index contributed by atoms with van der Waals surface area (Å²) in [5.74, 6) is 0.251. The molecule has 0 bridgehead atoms. The number of anilines is 2. The molecule has 0 saturated carbocycles. The smallest absolute Gasteiger partial charge is 0.279 e. The number of hydrogen-bond acceptors (Lipinski definition) is 6. The molecule has 0 aliphatic carbocycles. The third-order valence-corrected chi connectivity index (χ3v) is 5.92. The van der Waals surface area contributed by atoms with Crippen LogP contribution < -0.4 is 19.8 Å². The van der Waals surface area contributed by atoms with E-state index in [1.165, 1.54) is 11.3 Å². The van der Waals surface area contributed by atoms with Crippen molar-refractivity contribution in [3.63, 3.8) is 0 Å². The zero-order valence-electron chi connectivity index (χ0n) is 16.2. The van der Waals surface area contributed by atoms with E-state index in [-0.39, 0.29) is 18.4 Å². The Bertz CT molecular complexity index is 1300. The Balaban J connectivity index is 1.66. The van der Waals surface area contributed by atoms with E-state index in [4.69, 9.17) is 9.84 Å². The van der Waals surface area contributed by atoms with Crippen molar-refractivity contribution < 1.29 is 14.3 Å². The molecule has 3 aromatic rings. The third kappa shape index (κ3) is 2.82. The number of likely N-dealkylation sites (N-methyl/N-ethyl adjacent to an activating group) is 1. The Morgan fingerprint density at radius 2 is 2.00 bits per heavy atom. The van der Waals surface area contributed by atoms with Crippen molar-refractivity contribution in [3.05, 3.63) is 58.2 Å². The van der Waals surface area contributed by atoms with Crippen molar-refractivity contribution >= 4 is 40.2 Å². The topological polar surface area (TPSA) is 88.3 Å². The van der Waals surface area contributed by atoms with Gasteiger partial charge in [0.25, 0.3) is 11.8 Å². The lowest BCUT2D eigenvalue weighted by Gasteiger charge is -2.18. The van der Waals surface area contributed by atoms with E-state index >= 15 is 0 Å². The van der Waals surface area contributed by atoms with Gasteiger partial charge in [-0.05, 0) is 24.3 Å². The van der Waals surface area contributed by atoms with Gasteiger partial charge in [-0.15, -0.1) is 11.3 Å². The van der Waals surface area contributed by atoms with E-state index in [0.717, 1.165) is 22.5 Å². The summed E-state index contributed by atoms with van der Waals surface area (Å²) in [5, 5.41) is 9.45. The number of hydrogen-bond donors (Lipinski definition) is 1. The molecule has 9 heteroatoms. The molecule has 0 atom stereocenters. The first-order chi connectivity index (χ1) is 14.6. The molecule has 1 N–H and O–H groups in total. The zero-order valence-corrected chi connectivity index (χ0v) is 17.1. The van der Waals surface area contributed by atoms with Crippen LogP contribution in [0.4, 0.5) is 11.4 Å². The van der Waals surface area contributed by atoms with Gasteiger partial charge in [-0.25, -0.2) is 4.68 Å². The van der Waals surface area contributed by atoms with E-state index in [9.17, 15) is 9.59 Å².